The van der Waals surface area contributed by atoms with Crippen LogP contribution in [0.1, 0.15) is 22.7 Å². The number of phenols is 2. The van der Waals surface area contributed by atoms with Crippen LogP contribution in [0.4, 0.5) is 0 Å². The van der Waals surface area contributed by atoms with Crippen LogP contribution in [-0.4, -0.2) is 31.0 Å². The van der Waals surface area contributed by atoms with Gasteiger partial charge in [-0.1, -0.05) is 6.07 Å². The number of ether oxygens (including phenoxy) is 2. The Kier molecular flexibility index (Phi) is 4.30. The topological polar surface area (TPSA) is 75.5 Å². The van der Waals surface area contributed by atoms with Crippen LogP contribution >= 0.6 is 0 Å². The van der Waals surface area contributed by atoms with Crippen LogP contribution in [0.25, 0.3) is 0 Å². The van der Waals surface area contributed by atoms with Crippen molar-refractivity contribution in [3.05, 3.63) is 47.0 Å². The van der Waals surface area contributed by atoms with Gasteiger partial charge in [0.15, 0.2) is 23.0 Å². The molecule has 3 rings (SSSR count). The monoisotopic (exact) mass is 316 g/mol. The lowest BCUT2D eigenvalue weighted by molar-refractivity contribution is -0.698. The molecule has 0 aliphatic carbocycles. The molecule has 1 atom stereocenters. The maximum Gasteiger partial charge on any atom is 0.160 e. The number of quaternary nitrogens is 1. The van der Waals surface area contributed by atoms with Crippen LogP contribution in [0.5, 0.6) is 23.0 Å². The van der Waals surface area contributed by atoms with Gasteiger partial charge in [-0.15, -0.1) is 0 Å². The molecule has 4 N–H and O–H groups in total. The average Bonchev–Trinajstić information content (AvgIpc) is 2.56. The van der Waals surface area contributed by atoms with Crippen LogP contribution in [0, 0.1) is 0 Å². The zero-order valence-electron chi connectivity index (χ0n) is 13.4. The van der Waals surface area contributed by atoms with Gasteiger partial charge in [0.1, 0.15) is 6.04 Å². The zero-order chi connectivity index (χ0) is 16.4. The van der Waals surface area contributed by atoms with Crippen LogP contribution in [-0.2, 0) is 12.8 Å². The molecule has 5 nitrogen and oxygen atoms in total. The van der Waals surface area contributed by atoms with Gasteiger partial charge in [-0.25, -0.2) is 0 Å². The third-order valence-corrected chi connectivity index (χ3v) is 4.40. The molecule has 2 aromatic carbocycles. The van der Waals surface area contributed by atoms with Crippen molar-refractivity contribution in [2.24, 2.45) is 0 Å². The van der Waals surface area contributed by atoms with Crippen LogP contribution in [0.3, 0.4) is 0 Å². The molecule has 122 valence electrons. The predicted octanol–water partition coefficient (Wildman–Crippen LogP) is 1.52. The molecule has 1 aliphatic rings. The van der Waals surface area contributed by atoms with Gasteiger partial charge in [0.25, 0.3) is 0 Å². The number of rotatable bonds is 4. The molecular formula is C18H22NO4+. The Balaban J connectivity index is 1.90. The fourth-order valence-corrected chi connectivity index (χ4v) is 3.22. The van der Waals surface area contributed by atoms with Gasteiger partial charge in [0.05, 0.1) is 20.8 Å². The summed E-state index contributed by atoms with van der Waals surface area (Å²) in [6, 6.07) is 9.40. The van der Waals surface area contributed by atoms with E-state index in [0.717, 1.165) is 30.5 Å². The largest absolute Gasteiger partial charge is 0.504 e. The fourth-order valence-electron chi connectivity index (χ4n) is 3.22. The smallest absolute Gasteiger partial charge is 0.160 e. The first kappa shape index (κ1) is 15.5. The minimum atomic E-state index is 0.145. The molecule has 1 heterocycles. The molecule has 0 radical (unpaired) electrons. The van der Waals surface area contributed by atoms with Gasteiger partial charge in [0, 0.05) is 18.4 Å². The first-order valence-electron chi connectivity index (χ1n) is 7.71. The maximum absolute atomic E-state index is 10.1. The van der Waals surface area contributed by atoms with E-state index in [1.165, 1.54) is 5.56 Å². The van der Waals surface area contributed by atoms with Crippen LogP contribution in [0.15, 0.2) is 30.3 Å². The molecule has 0 saturated carbocycles. The normalized spacial score (nSPS) is 16.7. The average molecular weight is 316 g/mol. The van der Waals surface area contributed by atoms with Crippen molar-refractivity contribution in [3.8, 4) is 23.0 Å². The minimum absolute atomic E-state index is 0.145. The van der Waals surface area contributed by atoms with E-state index in [4.69, 9.17) is 9.47 Å². The van der Waals surface area contributed by atoms with E-state index >= 15 is 0 Å². The van der Waals surface area contributed by atoms with Crippen molar-refractivity contribution in [1.29, 1.82) is 0 Å². The molecule has 5 heteroatoms. The zero-order valence-corrected chi connectivity index (χ0v) is 13.4. The molecule has 2 aromatic rings. The van der Waals surface area contributed by atoms with Gasteiger partial charge in [-0.2, -0.15) is 0 Å². The molecule has 1 aliphatic heterocycles. The van der Waals surface area contributed by atoms with Crippen molar-refractivity contribution in [1.82, 2.24) is 0 Å². The molecule has 0 fully saturated rings. The van der Waals surface area contributed by atoms with Crippen molar-refractivity contribution < 1.29 is 25.0 Å². The number of fused-ring (bicyclic) bond motifs is 1. The molecule has 0 aromatic heterocycles. The second-order valence-electron chi connectivity index (χ2n) is 5.81. The molecule has 0 amide bonds. The van der Waals surface area contributed by atoms with Gasteiger partial charge in [-0.05, 0) is 35.4 Å². The number of benzene rings is 2. The Morgan fingerprint density at radius 2 is 1.78 bits per heavy atom. The number of aromatic hydroxyl groups is 2. The van der Waals surface area contributed by atoms with E-state index < -0.39 is 0 Å². The van der Waals surface area contributed by atoms with E-state index in [1.807, 2.05) is 24.3 Å². The van der Waals surface area contributed by atoms with E-state index in [2.05, 4.69) is 5.32 Å². The van der Waals surface area contributed by atoms with Gasteiger partial charge in [0.2, 0.25) is 0 Å². The Labute approximate surface area is 135 Å². The van der Waals surface area contributed by atoms with E-state index in [-0.39, 0.29) is 17.5 Å². The third-order valence-electron chi connectivity index (χ3n) is 4.40. The maximum atomic E-state index is 10.1. The number of nitrogens with two attached hydrogens (primary N) is 1. The summed E-state index contributed by atoms with van der Waals surface area (Å²) in [5.74, 6) is 1.33. The summed E-state index contributed by atoms with van der Waals surface area (Å²) >= 11 is 0. The minimum Gasteiger partial charge on any atom is -0.504 e. The lowest BCUT2D eigenvalue weighted by Gasteiger charge is -2.25. The highest BCUT2D eigenvalue weighted by atomic mass is 16.5. The Bertz CT molecular complexity index is 714. The van der Waals surface area contributed by atoms with Gasteiger partial charge in [-0.3, -0.25) is 0 Å². The van der Waals surface area contributed by atoms with Crippen molar-refractivity contribution in [3.63, 3.8) is 0 Å². The Hall–Kier alpha value is -2.40. The summed E-state index contributed by atoms with van der Waals surface area (Å²) in [4.78, 5) is 0. The van der Waals surface area contributed by atoms with Crippen molar-refractivity contribution in [2.75, 3.05) is 20.8 Å². The summed E-state index contributed by atoms with van der Waals surface area (Å²) in [5.41, 5.74) is 3.45. The fraction of sp³-hybridized carbons (Fsp3) is 0.333. The Morgan fingerprint density at radius 1 is 1.04 bits per heavy atom. The molecular weight excluding hydrogens is 294 g/mol. The molecule has 0 bridgehead atoms. The van der Waals surface area contributed by atoms with E-state index in [0.29, 0.717) is 11.5 Å². The standard InChI is InChI=1S/C18H21NO4/c1-22-17-8-11(3-4-15(17)20)7-14-13-10-16(21)18(23-2)9-12(13)5-6-19-14/h3-4,8-10,14,19-21H,5-7H2,1-2H3/p+1/t14-/m1/s1. The quantitative estimate of drug-likeness (QED) is 0.799. The first-order chi connectivity index (χ1) is 11.1. The van der Waals surface area contributed by atoms with Crippen molar-refractivity contribution in [2.45, 2.75) is 18.9 Å². The number of hydrogen-bond donors (Lipinski definition) is 3. The second-order valence-corrected chi connectivity index (χ2v) is 5.81. The summed E-state index contributed by atoms with van der Waals surface area (Å²) in [5, 5.41) is 22.1. The Morgan fingerprint density at radius 3 is 2.52 bits per heavy atom. The number of phenolic OH excluding ortho intramolecular Hbond substituents is 2. The molecule has 0 saturated heterocycles. The predicted molar refractivity (Wildman–Crippen MR) is 86.3 cm³/mol. The number of hydrogen-bond acceptors (Lipinski definition) is 4. The summed E-state index contributed by atoms with van der Waals surface area (Å²) in [6.45, 7) is 1.00. The van der Waals surface area contributed by atoms with Crippen molar-refractivity contribution >= 4 is 0 Å². The molecule has 23 heavy (non-hydrogen) atoms. The first-order valence-corrected chi connectivity index (χ1v) is 7.71. The summed E-state index contributed by atoms with van der Waals surface area (Å²) in [6.07, 6.45) is 1.76. The highest BCUT2D eigenvalue weighted by Crippen LogP contribution is 2.34. The van der Waals surface area contributed by atoms with Crippen LogP contribution < -0.4 is 14.8 Å². The summed E-state index contributed by atoms with van der Waals surface area (Å²) < 4.78 is 10.4. The highest BCUT2D eigenvalue weighted by Gasteiger charge is 2.25. The summed E-state index contributed by atoms with van der Waals surface area (Å²) in [7, 11) is 3.11. The molecule has 0 spiro atoms. The van der Waals surface area contributed by atoms with E-state index in [1.54, 1.807) is 20.3 Å². The lowest BCUT2D eigenvalue weighted by Crippen LogP contribution is -2.87. The SMILES string of the molecule is COc1cc(C[C@H]2[NH2+]CCc3cc(OC)c(O)cc32)ccc1O. The highest BCUT2D eigenvalue weighted by molar-refractivity contribution is 5.48. The number of methoxy groups -OCH3 is 2. The van der Waals surface area contributed by atoms with Crippen LogP contribution in [0.2, 0.25) is 0 Å². The second kappa shape index (κ2) is 6.38. The van der Waals surface area contributed by atoms with Gasteiger partial charge >= 0.3 is 0 Å². The lowest BCUT2D eigenvalue weighted by atomic mass is 9.90. The van der Waals surface area contributed by atoms with Gasteiger partial charge < -0.3 is 25.0 Å². The third kappa shape index (κ3) is 3.05. The molecule has 0 unspecified atom stereocenters. The van der Waals surface area contributed by atoms with E-state index in [9.17, 15) is 10.2 Å².